The van der Waals surface area contributed by atoms with Gasteiger partial charge in [0.15, 0.2) is 21.3 Å². The summed E-state index contributed by atoms with van der Waals surface area (Å²) < 4.78 is 182. The van der Waals surface area contributed by atoms with Gasteiger partial charge >= 0.3 is 18.7 Å². The van der Waals surface area contributed by atoms with E-state index in [9.17, 15) is 61.5 Å². The first-order valence-electron chi connectivity index (χ1n) is 12.7. The number of aliphatic hydroxyl groups excluding tert-OH is 1. The molecule has 0 bridgehead atoms. The molecule has 0 aromatic heterocycles. The SMILES string of the molecule is O=S1(=O)C[C@@H](NS(=O)(=O)c2ccc(OC(F)(F)F)cc2)[C@H](O)[C@@H](N2c3ccc(C(F)(F)F)cc3Oc3cc(C(F)(F)F)ccc32)C1. The van der Waals surface area contributed by atoms with Crippen LogP contribution in [0.4, 0.5) is 50.9 Å². The minimum absolute atomic E-state index is 0.275. The molecule has 2 N–H and O–H groups in total. The number of alkyl halides is 9. The van der Waals surface area contributed by atoms with Crippen LogP contribution < -0.4 is 19.1 Å². The van der Waals surface area contributed by atoms with Gasteiger partial charge < -0.3 is 19.5 Å². The molecule has 0 saturated carbocycles. The maximum Gasteiger partial charge on any atom is 0.573 e. The molecule has 2 heterocycles. The average Bonchev–Trinajstić information content (AvgIpc) is 2.91. The van der Waals surface area contributed by atoms with Crippen molar-refractivity contribution in [2.75, 3.05) is 16.4 Å². The molecule has 3 aromatic rings. The predicted octanol–water partition coefficient (Wildman–Crippen LogP) is 5.37. The van der Waals surface area contributed by atoms with Crippen molar-refractivity contribution in [1.82, 2.24) is 4.72 Å². The third-order valence-electron chi connectivity index (χ3n) is 6.98. The number of hydrogen-bond acceptors (Lipinski definition) is 8. The van der Waals surface area contributed by atoms with Crippen LogP contribution in [0.25, 0.3) is 0 Å². The molecule has 3 aromatic carbocycles. The van der Waals surface area contributed by atoms with Crippen LogP contribution in [-0.4, -0.2) is 58.0 Å². The van der Waals surface area contributed by atoms with Gasteiger partial charge in [-0.3, -0.25) is 0 Å². The first kappa shape index (κ1) is 33.6. The van der Waals surface area contributed by atoms with Crippen LogP contribution >= 0.6 is 0 Å². The van der Waals surface area contributed by atoms with E-state index < -0.39 is 102 Å². The van der Waals surface area contributed by atoms with E-state index in [-0.39, 0.29) is 11.4 Å². The summed E-state index contributed by atoms with van der Waals surface area (Å²) in [6.45, 7) is 0. The van der Waals surface area contributed by atoms with Gasteiger partial charge in [0.1, 0.15) is 5.75 Å². The normalized spacial score (nSPS) is 21.6. The highest BCUT2D eigenvalue weighted by atomic mass is 32.2. The van der Waals surface area contributed by atoms with Crippen molar-refractivity contribution >= 4 is 31.2 Å². The number of benzene rings is 3. The van der Waals surface area contributed by atoms with Gasteiger partial charge in [-0.2, -0.15) is 26.3 Å². The Morgan fingerprint density at radius 1 is 0.804 bits per heavy atom. The quantitative estimate of drug-likeness (QED) is 0.340. The summed E-state index contributed by atoms with van der Waals surface area (Å²) in [5.41, 5.74) is -3.06. The number of aliphatic hydroxyl groups is 1. The van der Waals surface area contributed by atoms with Gasteiger partial charge in [0, 0.05) is 0 Å². The first-order chi connectivity index (χ1) is 21.0. The molecular formula is C26H19F9N2O7S2. The van der Waals surface area contributed by atoms with Crippen LogP contribution in [0.2, 0.25) is 0 Å². The molecule has 0 radical (unpaired) electrons. The largest absolute Gasteiger partial charge is 0.573 e. The van der Waals surface area contributed by atoms with E-state index in [2.05, 4.69) is 4.74 Å². The summed E-state index contributed by atoms with van der Waals surface area (Å²) in [6.07, 6.45) is -16.9. The second-order valence-corrected chi connectivity index (χ2v) is 14.1. The Hall–Kier alpha value is -3.75. The van der Waals surface area contributed by atoms with E-state index in [1.807, 2.05) is 4.72 Å². The highest BCUT2D eigenvalue weighted by molar-refractivity contribution is 7.91. The fourth-order valence-corrected chi connectivity index (χ4v) is 8.22. The number of hydrogen-bond donors (Lipinski definition) is 2. The zero-order chi connectivity index (χ0) is 34.0. The van der Waals surface area contributed by atoms with Gasteiger partial charge in [-0.05, 0) is 60.7 Å². The molecule has 1 fully saturated rings. The minimum Gasteiger partial charge on any atom is -0.453 e. The van der Waals surface area contributed by atoms with Gasteiger partial charge in [-0.15, -0.1) is 13.2 Å². The van der Waals surface area contributed by atoms with Crippen LogP contribution in [0, 0.1) is 0 Å². The lowest BCUT2D eigenvalue weighted by Gasteiger charge is -2.44. The summed E-state index contributed by atoms with van der Waals surface area (Å²) in [4.78, 5) is 0.315. The van der Waals surface area contributed by atoms with Crippen LogP contribution in [0.5, 0.6) is 17.2 Å². The third-order valence-corrected chi connectivity index (χ3v) is 10.2. The average molecular weight is 707 g/mol. The number of sulfone groups is 1. The lowest BCUT2D eigenvalue weighted by Crippen LogP contribution is -2.62. The van der Waals surface area contributed by atoms with Gasteiger partial charge in [-0.25, -0.2) is 21.6 Å². The van der Waals surface area contributed by atoms with E-state index in [1.54, 1.807) is 0 Å². The number of nitrogens with zero attached hydrogens (tertiary/aromatic N) is 1. The molecular weight excluding hydrogens is 687 g/mol. The van der Waals surface area contributed by atoms with Crippen molar-refractivity contribution in [1.29, 1.82) is 0 Å². The number of rotatable bonds is 5. The van der Waals surface area contributed by atoms with Crippen LogP contribution in [0.3, 0.4) is 0 Å². The molecule has 46 heavy (non-hydrogen) atoms. The summed E-state index contributed by atoms with van der Waals surface area (Å²) in [5, 5.41) is 11.3. The monoisotopic (exact) mass is 706 g/mol. The fraction of sp³-hybridized carbons (Fsp3) is 0.308. The van der Waals surface area contributed by atoms with E-state index in [4.69, 9.17) is 4.74 Å². The standard InChI is InChI=1S/C26H19F9N2O7S2/c27-24(28,29)13-1-7-18-21(9-13)43-22-10-14(25(30,31)32)2-8-19(22)37(18)20-12-45(39,40)11-17(23(20)38)36-46(41,42)16-5-3-15(4-6-16)44-26(33,34)35/h1-10,17,20,23,36,38H,11-12H2/t17-,20+,23+/m1/s1. The molecule has 0 aliphatic carbocycles. The molecule has 3 atom stereocenters. The van der Waals surface area contributed by atoms with Crippen molar-refractivity contribution in [3.63, 3.8) is 0 Å². The van der Waals surface area contributed by atoms with E-state index in [1.165, 1.54) is 0 Å². The van der Waals surface area contributed by atoms with Crippen molar-refractivity contribution in [3.8, 4) is 17.2 Å². The third kappa shape index (κ3) is 6.98. The van der Waals surface area contributed by atoms with E-state index in [0.717, 1.165) is 29.2 Å². The maximum atomic E-state index is 13.5. The fourth-order valence-electron chi connectivity index (χ4n) is 5.03. The molecule has 2 aliphatic rings. The highest BCUT2D eigenvalue weighted by Gasteiger charge is 2.47. The lowest BCUT2D eigenvalue weighted by molar-refractivity contribution is -0.274. The van der Waals surface area contributed by atoms with Crippen LogP contribution in [0.1, 0.15) is 11.1 Å². The summed E-state index contributed by atoms with van der Waals surface area (Å²) >= 11 is 0. The van der Waals surface area contributed by atoms with Crippen LogP contribution in [0.15, 0.2) is 65.6 Å². The number of halogens is 9. The molecule has 0 spiro atoms. The number of anilines is 2. The van der Waals surface area contributed by atoms with Gasteiger partial charge in [0.05, 0.1) is 57.1 Å². The van der Waals surface area contributed by atoms with Gasteiger partial charge in [-0.1, -0.05) is 0 Å². The Morgan fingerprint density at radius 2 is 1.30 bits per heavy atom. The Labute approximate surface area is 254 Å². The number of ether oxygens (including phenoxy) is 2. The molecule has 0 unspecified atom stereocenters. The molecule has 20 heteroatoms. The second kappa shape index (κ2) is 11.2. The Morgan fingerprint density at radius 3 is 1.76 bits per heavy atom. The number of sulfonamides is 1. The minimum atomic E-state index is -5.08. The molecule has 1 saturated heterocycles. The number of fused-ring (bicyclic) bond motifs is 2. The molecule has 250 valence electrons. The molecule has 5 rings (SSSR count). The van der Waals surface area contributed by atoms with Crippen molar-refractivity contribution < 1.29 is 70.9 Å². The van der Waals surface area contributed by atoms with Gasteiger partial charge in [0.25, 0.3) is 0 Å². The second-order valence-electron chi connectivity index (χ2n) is 10.2. The Bertz CT molecular complexity index is 1800. The van der Waals surface area contributed by atoms with Crippen molar-refractivity contribution in [2.24, 2.45) is 0 Å². The Balaban J connectivity index is 1.54. The van der Waals surface area contributed by atoms with Crippen molar-refractivity contribution in [2.45, 2.75) is 41.8 Å². The predicted molar refractivity (Wildman–Crippen MR) is 141 cm³/mol. The number of nitrogens with one attached hydrogen (secondary N) is 1. The smallest absolute Gasteiger partial charge is 0.453 e. The van der Waals surface area contributed by atoms with Crippen molar-refractivity contribution in [3.05, 3.63) is 71.8 Å². The van der Waals surface area contributed by atoms with E-state index in [0.29, 0.717) is 36.4 Å². The van der Waals surface area contributed by atoms with E-state index >= 15 is 0 Å². The summed E-state index contributed by atoms with van der Waals surface area (Å²) in [7, 11) is -9.01. The maximum absolute atomic E-state index is 13.5. The Kier molecular flexibility index (Phi) is 8.18. The molecule has 2 aliphatic heterocycles. The highest BCUT2D eigenvalue weighted by Crippen LogP contribution is 2.51. The zero-order valence-electron chi connectivity index (χ0n) is 22.5. The topological polar surface area (TPSA) is 122 Å². The lowest BCUT2D eigenvalue weighted by atomic mass is 10.00. The summed E-state index contributed by atoms with van der Waals surface area (Å²) in [5.74, 6) is -3.93. The zero-order valence-corrected chi connectivity index (χ0v) is 24.1. The molecule has 9 nitrogen and oxygen atoms in total. The van der Waals surface area contributed by atoms with Crippen LogP contribution in [-0.2, 0) is 32.2 Å². The van der Waals surface area contributed by atoms with Gasteiger partial charge in [0.2, 0.25) is 10.0 Å². The first-order valence-corrected chi connectivity index (χ1v) is 16.0. The summed E-state index contributed by atoms with van der Waals surface area (Å²) in [6, 6.07) is 3.11. The molecule has 0 amide bonds.